The molecule has 2 aliphatic heterocycles. The van der Waals surface area contributed by atoms with Crippen LogP contribution in [0.3, 0.4) is 0 Å². The molecule has 3 aliphatic rings. The van der Waals surface area contributed by atoms with Crippen molar-refractivity contribution in [3.05, 3.63) is 11.6 Å². The highest BCUT2D eigenvalue weighted by Crippen LogP contribution is 2.54. The standard InChI is InChI=1S/C17H28O3/c1-13(2)6-5-7-17-9-8-16(12-20-17,14(3)10-17)11-19-15(4)18/h6,14H,5,7-12H2,1-4H3/t14?,16-,17+/m1/s1. The Bertz CT molecular complexity index is 385. The van der Waals surface area contributed by atoms with E-state index in [9.17, 15) is 4.79 Å². The van der Waals surface area contributed by atoms with Crippen LogP contribution in [0.1, 0.15) is 59.8 Å². The van der Waals surface area contributed by atoms with Gasteiger partial charge in [-0.15, -0.1) is 0 Å². The maximum atomic E-state index is 11.1. The first-order chi connectivity index (χ1) is 9.38. The van der Waals surface area contributed by atoms with Gasteiger partial charge < -0.3 is 9.47 Å². The SMILES string of the molecule is CC(=O)OC[C@@]12CC[C@@](CCC=C(C)C)(CC1C)OC2. The summed E-state index contributed by atoms with van der Waals surface area (Å²) in [6.45, 7) is 9.34. The predicted molar refractivity (Wildman–Crippen MR) is 79.4 cm³/mol. The maximum absolute atomic E-state index is 11.1. The molecule has 1 unspecified atom stereocenters. The van der Waals surface area contributed by atoms with Gasteiger partial charge in [0.05, 0.1) is 18.8 Å². The molecular weight excluding hydrogens is 252 g/mol. The van der Waals surface area contributed by atoms with Crippen LogP contribution in [0.25, 0.3) is 0 Å². The Kier molecular flexibility index (Phi) is 4.58. The van der Waals surface area contributed by atoms with Gasteiger partial charge in [-0.05, 0) is 51.9 Å². The molecule has 0 aromatic rings. The zero-order valence-corrected chi connectivity index (χ0v) is 13.3. The Morgan fingerprint density at radius 2 is 2.10 bits per heavy atom. The van der Waals surface area contributed by atoms with E-state index in [1.807, 2.05) is 0 Å². The number of allylic oxidation sites excluding steroid dienone is 2. The molecule has 0 N–H and O–H groups in total. The normalized spacial score (nSPS) is 35.7. The molecule has 20 heavy (non-hydrogen) atoms. The molecule has 0 amide bonds. The number of carbonyl (C=O) groups excluding carboxylic acids is 1. The van der Waals surface area contributed by atoms with Crippen LogP contribution in [0.5, 0.6) is 0 Å². The average molecular weight is 280 g/mol. The van der Waals surface area contributed by atoms with Crippen molar-refractivity contribution < 1.29 is 14.3 Å². The Hall–Kier alpha value is -0.830. The summed E-state index contributed by atoms with van der Waals surface area (Å²) in [5.74, 6) is 0.383. The third-order valence-corrected chi connectivity index (χ3v) is 5.18. The van der Waals surface area contributed by atoms with Gasteiger partial charge in [0, 0.05) is 12.3 Å². The summed E-state index contributed by atoms with van der Waals surface area (Å²) >= 11 is 0. The first kappa shape index (κ1) is 15.6. The van der Waals surface area contributed by atoms with Gasteiger partial charge in [0.2, 0.25) is 0 Å². The van der Waals surface area contributed by atoms with E-state index < -0.39 is 0 Å². The Labute approximate surface area is 122 Å². The van der Waals surface area contributed by atoms with Crippen molar-refractivity contribution in [1.29, 1.82) is 0 Å². The Morgan fingerprint density at radius 1 is 1.35 bits per heavy atom. The molecule has 3 nitrogen and oxygen atoms in total. The van der Waals surface area contributed by atoms with E-state index in [0.29, 0.717) is 12.5 Å². The monoisotopic (exact) mass is 280 g/mol. The molecule has 0 radical (unpaired) electrons. The molecule has 1 aliphatic carbocycles. The average Bonchev–Trinajstić information content (AvgIpc) is 2.37. The number of fused-ring (bicyclic) bond motifs is 3. The van der Waals surface area contributed by atoms with Gasteiger partial charge in [-0.25, -0.2) is 0 Å². The summed E-state index contributed by atoms with van der Waals surface area (Å²) < 4.78 is 11.5. The molecule has 0 aromatic heterocycles. The van der Waals surface area contributed by atoms with Crippen LogP contribution in [0, 0.1) is 11.3 Å². The van der Waals surface area contributed by atoms with Crippen molar-refractivity contribution in [3.63, 3.8) is 0 Å². The lowest BCUT2D eigenvalue weighted by Gasteiger charge is -2.56. The fourth-order valence-electron chi connectivity index (χ4n) is 3.67. The van der Waals surface area contributed by atoms with Gasteiger partial charge in [-0.3, -0.25) is 4.79 Å². The molecule has 0 aromatic carbocycles. The van der Waals surface area contributed by atoms with Gasteiger partial charge in [-0.2, -0.15) is 0 Å². The largest absolute Gasteiger partial charge is 0.465 e. The minimum Gasteiger partial charge on any atom is -0.465 e. The van der Waals surface area contributed by atoms with E-state index in [-0.39, 0.29) is 17.0 Å². The molecule has 0 spiro atoms. The second kappa shape index (κ2) is 5.88. The highest BCUT2D eigenvalue weighted by atomic mass is 16.5. The number of carbonyl (C=O) groups is 1. The third kappa shape index (κ3) is 3.25. The van der Waals surface area contributed by atoms with E-state index in [1.165, 1.54) is 12.5 Å². The first-order valence-electron chi connectivity index (χ1n) is 7.78. The highest BCUT2D eigenvalue weighted by Gasteiger charge is 2.53. The highest BCUT2D eigenvalue weighted by molar-refractivity contribution is 5.65. The van der Waals surface area contributed by atoms with Crippen LogP contribution >= 0.6 is 0 Å². The zero-order valence-electron chi connectivity index (χ0n) is 13.3. The van der Waals surface area contributed by atoms with Gasteiger partial charge in [0.1, 0.15) is 0 Å². The molecule has 2 bridgehead atoms. The van der Waals surface area contributed by atoms with Crippen LogP contribution in [-0.4, -0.2) is 24.8 Å². The van der Waals surface area contributed by atoms with Crippen molar-refractivity contribution in [2.45, 2.75) is 65.4 Å². The Balaban J connectivity index is 1.95. The second-order valence-electron chi connectivity index (χ2n) is 7.04. The van der Waals surface area contributed by atoms with Gasteiger partial charge in [-0.1, -0.05) is 18.6 Å². The Morgan fingerprint density at radius 3 is 2.60 bits per heavy atom. The summed E-state index contributed by atoms with van der Waals surface area (Å²) in [6, 6.07) is 0. The molecule has 3 rings (SSSR count). The number of esters is 1. The molecule has 3 atom stereocenters. The fraction of sp³-hybridized carbons (Fsp3) is 0.824. The third-order valence-electron chi connectivity index (χ3n) is 5.18. The summed E-state index contributed by atoms with van der Waals surface area (Å²) in [7, 11) is 0. The van der Waals surface area contributed by atoms with E-state index in [0.717, 1.165) is 38.7 Å². The van der Waals surface area contributed by atoms with Crippen LogP contribution in [0.2, 0.25) is 0 Å². The van der Waals surface area contributed by atoms with Crippen LogP contribution in [-0.2, 0) is 14.3 Å². The van der Waals surface area contributed by atoms with E-state index in [1.54, 1.807) is 0 Å². The first-order valence-corrected chi connectivity index (χ1v) is 7.78. The summed E-state index contributed by atoms with van der Waals surface area (Å²) in [5, 5.41) is 0. The lowest BCUT2D eigenvalue weighted by Crippen LogP contribution is -2.57. The fourth-order valence-corrected chi connectivity index (χ4v) is 3.67. The van der Waals surface area contributed by atoms with Gasteiger partial charge >= 0.3 is 5.97 Å². The number of rotatable bonds is 5. The number of hydrogen-bond acceptors (Lipinski definition) is 3. The van der Waals surface area contributed by atoms with E-state index in [4.69, 9.17) is 9.47 Å². The summed E-state index contributed by atoms with van der Waals surface area (Å²) in [6.07, 6.45) is 7.85. The van der Waals surface area contributed by atoms with Crippen molar-refractivity contribution in [2.24, 2.45) is 11.3 Å². The van der Waals surface area contributed by atoms with Crippen molar-refractivity contribution in [1.82, 2.24) is 0 Å². The molecule has 114 valence electrons. The molecule has 3 fully saturated rings. The molecule has 2 saturated heterocycles. The van der Waals surface area contributed by atoms with Crippen LogP contribution < -0.4 is 0 Å². The summed E-state index contributed by atoms with van der Waals surface area (Å²) in [4.78, 5) is 11.1. The van der Waals surface area contributed by atoms with E-state index in [2.05, 4.69) is 26.8 Å². The van der Waals surface area contributed by atoms with Crippen molar-refractivity contribution in [2.75, 3.05) is 13.2 Å². The van der Waals surface area contributed by atoms with E-state index >= 15 is 0 Å². The smallest absolute Gasteiger partial charge is 0.302 e. The molecule has 3 heteroatoms. The van der Waals surface area contributed by atoms with Crippen LogP contribution in [0.4, 0.5) is 0 Å². The zero-order chi connectivity index (χ0) is 14.8. The lowest BCUT2D eigenvalue weighted by molar-refractivity contribution is -0.224. The predicted octanol–water partition coefficient (Wildman–Crippen LogP) is 3.87. The molecule has 2 heterocycles. The van der Waals surface area contributed by atoms with Crippen LogP contribution in [0.15, 0.2) is 11.6 Å². The summed E-state index contributed by atoms with van der Waals surface area (Å²) in [5.41, 5.74) is 1.51. The second-order valence-corrected chi connectivity index (χ2v) is 7.04. The van der Waals surface area contributed by atoms with Gasteiger partial charge in [0.25, 0.3) is 0 Å². The lowest BCUT2D eigenvalue weighted by atomic mass is 9.59. The minimum absolute atomic E-state index is 0.0595. The van der Waals surface area contributed by atoms with Crippen molar-refractivity contribution in [3.8, 4) is 0 Å². The maximum Gasteiger partial charge on any atom is 0.302 e. The molecular formula is C17H28O3. The minimum atomic E-state index is -0.183. The topological polar surface area (TPSA) is 35.5 Å². The number of ether oxygens (including phenoxy) is 2. The van der Waals surface area contributed by atoms with Gasteiger partial charge in [0.15, 0.2) is 0 Å². The quantitative estimate of drug-likeness (QED) is 0.566. The molecule has 1 saturated carbocycles. The van der Waals surface area contributed by atoms with Crippen molar-refractivity contribution >= 4 is 5.97 Å². The number of hydrogen-bond donors (Lipinski definition) is 0.